The Morgan fingerprint density at radius 3 is 2.83 bits per heavy atom. The van der Waals surface area contributed by atoms with Crippen LogP contribution in [0.15, 0.2) is 34.1 Å². The van der Waals surface area contributed by atoms with Crippen LogP contribution in [0.25, 0.3) is 11.1 Å². The van der Waals surface area contributed by atoms with E-state index in [2.05, 4.69) is 10.2 Å². The van der Waals surface area contributed by atoms with E-state index >= 15 is 0 Å². The molecule has 18 heavy (non-hydrogen) atoms. The molecule has 0 aliphatic heterocycles. The van der Waals surface area contributed by atoms with Gasteiger partial charge < -0.3 is 4.74 Å². The summed E-state index contributed by atoms with van der Waals surface area (Å²) >= 11 is 1.32. The first-order valence-electron chi connectivity index (χ1n) is 5.13. The molecule has 0 fully saturated rings. The van der Waals surface area contributed by atoms with E-state index in [0.29, 0.717) is 16.0 Å². The lowest BCUT2D eigenvalue weighted by atomic mass is 10.1. The van der Waals surface area contributed by atoms with Crippen LogP contribution in [-0.2, 0) is 0 Å². The second-order valence-electron chi connectivity index (χ2n) is 3.50. The predicted molar refractivity (Wildman–Crippen MR) is 68.6 cm³/mol. The van der Waals surface area contributed by atoms with E-state index in [0.717, 1.165) is 0 Å². The summed E-state index contributed by atoms with van der Waals surface area (Å²) in [6.45, 7) is 0. The topological polar surface area (TPSA) is 55.0 Å². The maximum atomic E-state index is 13.7. The summed E-state index contributed by atoms with van der Waals surface area (Å²) in [5.74, 6) is -0.205. The second-order valence-corrected chi connectivity index (χ2v) is 4.34. The molecule has 0 bridgehead atoms. The van der Waals surface area contributed by atoms with Crippen molar-refractivity contribution in [2.24, 2.45) is 0 Å². The molecule has 2 rings (SSSR count). The van der Waals surface area contributed by atoms with Crippen molar-refractivity contribution in [1.82, 2.24) is 10.2 Å². The van der Waals surface area contributed by atoms with Crippen molar-refractivity contribution in [2.75, 3.05) is 13.4 Å². The van der Waals surface area contributed by atoms with Gasteiger partial charge >= 0.3 is 5.56 Å². The molecule has 1 N–H and O–H groups in total. The molecule has 0 atom stereocenters. The molecule has 0 radical (unpaired) electrons. The molecule has 1 aromatic heterocycles. The number of hydrogen-bond donors (Lipinski definition) is 1. The molecule has 2 aromatic rings. The molecule has 0 saturated heterocycles. The van der Waals surface area contributed by atoms with E-state index in [9.17, 15) is 9.18 Å². The Kier molecular flexibility index (Phi) is 3.66. The third-order valence-electron chi connectivity index (χ3n) is 2.48. The third-order valence-corrected chi connectivity index (χ3v) is 3.25. The maximum Gasteiger partial charge on any atom is 0.307 e. The van der Waals surface area contributed by atoms with Gasteiger partial charge in [-0.25, -0.2) is 9.49 Å². The number of thioether (sulfide) groups is 1. The lowest BCUT2D eigenvalue weighted by Gasteiger charge is -2.07. The number of methoxy groups -OCH3 is 1. The quantitative estimate of drug-likeness (QED) is 0.866. The first kappa shape index (κ1) is 12.6. The van der Waals surface area contributed by atoms with Crippen LogP contribution in [0.5, 0.6) is 5.75 Å². The number of benzene rings is 1. The second kappa shape index (κ2) is 5.22. The van der Waals surface area contributed by atoms with Crippen molar-refractivity contribution in [3.8, 4) is 16.9 Å². The molecular weight excluding hydrogens is 255 g/mol. The molecule has 0 amide bonds. The minimum absolute atomic E-state index is 0.126. The number of nitrogens with zero attached hydrogens (tertiary/aromatic N) is 1. The number of aromatic nitrogens is 2. The molecule has 1 heterocycles. The molecule has 6 heteroatoms. The Morgan fingerprint density at radius 2 is 2.22 bits per heavy atom. The fourth-order valence-electron chi connectivity index (χ4n) is 1.63. The average molecular weight is 266 g/mol. The number of halogens is 1. The van der Waals surface area contributed by atoms with E-state index in [1.807, 2.05) is 0 Å². The van der Waals surface area contributed by atoms with Crippen LogP contribution < -0.4 is 10.3 Å². The molecule has 0 spiro atoms. The average Bonchev–Trinajstić information content (AvgIpc) is 2.38. The first-order chi connectivity index (χ1) is 8.67. The minimum atomic E-state index is -0.440. The molecule has 0 aliphatic rings. The molecule has 4 nitrogen and oxygen atoms in total. The van der Waals surface area contributed by atoms with Crippen LogP contribution in [0, 0.1) is 5.82 Å². The summed E-state index contributed by atoms with van der Waals surface area (Å²) in [4.78, 5) is 12.1. The highest BCUT2D eigenvalue weighted by Gasteiger charge is 2.12. The van der Waals surface area contributed by atoms with Gasteiger partial charge in [-0.2, -0.15) is 5.10 Å². The molecule has 94 valence electrons. The summed E-state index contributed by atoms with van der Waals surface area (Å²) in [6.07, 6.45) is 3.24. The summed E-state index contributed by atoms with van der Waals surface area (Å²) < 4.78 is 18.7. The molecular formula is C12H11FN2O2S. The summed E-state index contributed by atoms with van der Waals surface area (Å²) in [6, 6.07) is 4.76. The SMILES string of the molecule is COc1c(-c2ccc(SC)c(F)c2)cn[nH]c1=O. The van der Waals surface area contributed by atoms with Gasteiger partial charge in [0, 0.05) is 10.5 Å². The van der Waals surface area contributed by atoms with Crippen LogP contribution >= 0.6 is 11.8 Å². The fourth-order valence-corrected chi connectivity index (χ4v) is 2.09. The van der Waals surface area contributed by atoms with Gasteiger partial charge in [0.2, 0.25) is 0 Å². The summed E-state index contributed by atoms with van der Waals surface area (Å²) in [5.41, 5.74) is 0.581. The number of nitrogens with one attached hydrogen (secondary N) is 1. The zero-order valence-corrected chi connectivity index (χ0v) is 10.7. The van der Waals surface area contributed by atoms with E-state index < -0.39 is 5.56 Å². The van der Waals surface area contributed by atoms with Crippen LogP contribution in [0.1, 0.15) is 0 Å². The van der Waals surface area contributed by atoms with E-state index in [-0.39, 0.29) is 11.6 Å². The number of hydrogen-bond acceptors (Lipinski definition) is 4. The normalized spacial score (nSPS) is 10.4. The zero-order valence-electron chi connectivity index (χ0n) is 9.86. The van der Waals surface area contributed by atoms with Crippen LogP contribution in [0.4, 0.5) is 4.39 Å². The van der Waals surface area contributed by atoms with Gasteiger partial charge in [-0.1, -0.05) is 6.07 Å². The lowest BCUT2D eigenvalue weighted by Crippen LogP contribution is -2.11. The monoisotopic (exact) mass is 266 g/mol. The minimum Gasteiger partial charge on any atom is -0.491 e. The van der Waals surface area contributed by atoms with Crippen LogP contribution in [-0.4, -0.2) is 23.6 Å². The number of H-pyrrole nitrogens is 1. The van der Waals surface area contributed by atoms with Crippen molar-refractivity contribution >= 4 is 11.8 Å². The highest BCUT2D eigenvalue weighted by Crippen LogP contribution is 2.29. The smallest absolute Gasteiger partial charge is 0.307 e. The molecule has 0 saturated carbocycles. The number of aromatic amines is 1. The zero-order chi connectivity index (χ0) is 13.1. The lowest BCUT2D eigenvalue weighted by molar-refractivity contribution is 0.408. The van der Waals surface area contributed by atoms with Gasteiger partial charge in [0.05, 0.1) is 13.3 Å². The van der Waals surface area contributed by atoms with Crippen LogP contribution in [0.3, 0.4) is 0 Å². The van der Waals surface area contributed by atoms with Crippen molar-refractivity contribution in [2.45, 2.75) is 4.90 Å². The fraction of sp³-hybridized carbons (Fsp3) is 0.167. The Morgan fingerprint density at radius 1 is 1.44 bits per heavy atom. The summed E-state index contributed by atoms with van der Waals surface area (Å²) in [7, 11) is 1.39. The van der Waals surface area contributed by atoms with E-state index in [1.165, 1.54) is 31.1 Å². The third kappa shape index (κ3) is 2.24. The highest BCUT2D eigenvalue weighted by atomic mass is 32.2. The van der Waals surface area contributed by atoms with Crippen molar-refractivity contribution < 1.29 is 9.13 Å². The molecule has 1 aromatic carbocycles. The Labute approximate surface area is 107 Å². The van der Waals surface area contributed by atoms with Crippen molar-refractivity contribution in [1.29, 1.82) is 0 Å². The Balaban J connectivity index is 2.59. The van der Waals surface area contributed by atoms with Gasteiger partial charge in [-0.15, -0.1) is 11.8 Å². The Hall–Kier alpha value is -1.82. The van der Waals surface area contributed by atoms with Crippen LogP contribution in [0.2, 0.25) is 0 Å². The van der Waals surface area contributed by atoms with Gasteiger partial charge in [0.1, 0.15) is 5.82 Å². The highest BCUT2D eigenvalue weighted by molar-refractivity contribution is 7.98. The first-order valence-corrected chi connectivity index (χ1v) is 6.35. The van der Waals surface area contributed by atoms with Crippen molar-refractivity contribution in [3.63, 3.8) is 0 Å². The van der Waals surface area contributed by atoms with E-state index in [4.69, 9.17) is 4.74 Å². The largest absolute Gasteiger partial charge is 0.491 e. The van der Waals surface area contributed by atoms with Gasteiger partial charge in [0.15, 0.2) is 5.75 Å². The maximum absolute atomic E-state index is 13.7. The summed E-state index contributed by atoms with van der Waals surface area (Å²) in [5, 5.41) is 5.97. The van der Waals surface area contributed by atoms with E-state index in [1.54, 1.807) is 18.4 Å². The number of rotatable bonds is 3. The Bertz CT molecular complexity index is 628. The van der Waals surface area contributed by atoms with Crippen molar-refractivity contribution in [3.05, 3.63) is 40.6 Å². The standard InChI is InChI=1S/C12H11FN2O2S/c1-17-11-8(6-14-15-12(11)16)7-3-4-10(18-2)9(13)5-7/h3-6H,1-2H3,(H,15,16). The van der Waals surface area contributed by atoms with Gasteiger partial charge in [0.25, 0.3) is 0 Å². The molecule has 0 unspecified atom stereocenters. The van der Waals surface area contributed by atoms with Gasteiger partial charge in [-0.05, 0) is 24.0 Å². The predicted octanol–water partition coefficient (Wildman–Crippen LogP) is 2.31. The number of ether oxygens (including phenoxy) is 1. The van der Waals surface area contributed by atoms with Gasteiger partial charge in [-0.3, -0.25) is 4.79 Å². The molecule has 0 aliphatic carbocycles.